The molecule has 152 valence electrons. The Labute approximate surface area is 167 Å². The Morgan fingerprint density at radius 2 is 1.57 bits per heavy atom. The molecule has 0 radical (unpaired) electrons. The predicted molar refractivity (Wildman–Crippen MR) is 109 cm³/mol. The quantitative estimate of drug-likeness (QED) is 0.715. The molecule has 1 N–H and O–H groups in total. The molecule has 6 heteroatoms. The average molecular weight is 386 g/mol. The van der Waals surface area contributed by atoms with E-state index in [1.165, 1.54) is 5.56 Å². The van der Waals surface area contributed by atoms with Gasteiger partial charge in [-0.05, 0) is 11.6 Å². The SMILES string of the molecule is COc1cc(OC)c(OC)cc1CNCC(c1ccccc1)N1CCOCC1. The zero-order chi connectivity index (χ0) is 19.8. The third kappa shape index (κ3) is 4.95. The Kier molecular flexibility index (Phi) is 7.54. The van der Waals surface area contributed by atoms with Gasteiger partial charge < -0.3 is 24.3 Å². The van der Waals surface area contributed by atoms with Crippen LogP contribution in [0.2, 0.25) is 0 Å². The van der Waals surface area contributed by atoms with E-state index in [1.807, 2.05) is 12.1 Å². The van der Waals surface area contributed by atoms with Crippen LogP contribution in [0.5, 0.6) is 17.2 Å². The summed E-state index contributed by atoms with van der Waals surface area (Å²) >= 11 is 0. The first-order valence-corrected chi connectivity index (χ1v) is 9.63. The fourth-order valence-corrected chi connectivity index (χ4v) is 3.60. The molecule has 0 amide bonds. The molecule has 0 spiro atoms. The van der Waals surface area contributed by atoms with E-state index in [4.69, 9.17) is 18.9 Å². The second kappa shape index (κ2) is 10.3. The van der Waals surface area contributed by atoms with Crippen molar-refractivity contribution in [2.45, 2.75) is 12.6 Å². The molecule has 0 saturated carbocycles. The van der Waals surface area contributed by atoms with Crippen LogP contribution in [0, 0.1) is 0 Å². The van der Waals surface area contributed by atoms with Gasteiger partial charge in [-0.25, -0.2) is 0 Å². The van der Waals surface area contributed by atoms with Gasteiger partial charge in [-0.2, -0.15) is 0 Å². The molecular formula is C22H30N2O4. The summed E-state index contributed by atoms with van der Waals surface area (Å²) in [5.41, 5.74) is 2.35. The van der Waals surface area contributed by atoms with Gasteiger partial charge in [-0.3, -0.25) is 4.90 Å². The minimum absolute atomic E-state index is 0.302. The van der Waals surface area contributed by atoms with E-state index in [9.17, 15) is 0 Å². The predicted octanol–water partition coefficient (Wildman–Crippen LogP) is 2.88. The van der Waals surface area contributed by atoms with Gasteiger partial charge in [0.15, 0.2) is 11.5 Å². The summed E-state index contributed by atoms with van der Waals surface area (Å²) in [6, 6.07) is 14.8. The van der Waals surface area contributed by atoms with Crippen molar-refractivity contribution in [2.24, 2.45) is 0 Å². The highest BCUT2D eigenvalue weighted by Gasteiger charge is 2.22. The number of ether oxygens (including phenoxy) is 4. The molecule has 6 nitrogen and oxygen atoms in total. The lowest BCUT2D eigenvalue weighted by Gasteiger charge is -2.35. The maximum Gasteiger partial charge on any atom is 0.164 e. The fraction of sp³-hybridized carbons (Fsp3) is 0.455. The molecular weight excluding hydrogens is 356 g/mol. The van der Waals surface area contributed by atoms with Crippen molar-refractivity contribution < 1.29 is 18.9 Å². The Bertz CT molecular complexity index is 733. The summed E-state index contributed by atoms with van der Waals surface area (Å²) in [7, 11) is 4.94. The largest absolute Gasteiger partial charge is 0.496 e. The molecule has 1 saturated heterocycles. The lowest BCUT2D eigenvalue weighted by atomic mass is 10.0. The van der Waals surface area contributed by atoms with Crippen molar-refractivity contribution >= 4 is 0 Å². The summed E-state index contributed by atoms with van der Waals surface area (Å²) in [5, 5.41) is 3.60. The van der Waals surface area contributed by atoms with Gasteiger partial charge in [0.1, 0.15) is 5.75 Å². The van der Waals surface area contributed by atoms with Crippen LogP contribution in [-0.4, -0.2) is 59.1 Å². The third-order valence-corrected chi connectivity index (χ3v) is 5.11. The van der Waals surface area contributed by atoms with E-state index >= 15 is 0 Å². The lowest BCUT2D eigenvalue weighted by molar-refractivity contribution is 0.0161. The minimum Gasteiger partial charge on any atom is -0.496 e. The maximum absolute atomic E-state index is 5.54. The van der Waals surface area contributed by atoms with Crippen LogP contribution >= 0.6 is 0 Å². The van der Waals surface area contributed by atoms with Crippen molar-refractivity contribution in [1.82, 2.24) is 10.2 Å². The van der Waals surface area contributed by atoms with Crippen molar-refractivity contribution in [2.75, 3.05) is 54.2 Å². The molecule has 1 fully saturated rings. The molecule has 2 aromatic rings. The van der Waals surface area contributed by atoms with Crippen LogP contribution in [0.25, 0.3) is 0 Å². The zero-order valence-corrected chi connectivity index (χ0v) is 16.9. The van der Waals surface area contributed by atoms with Crippen LogP contribution < -0.4 is 19.5 Å². The van der Waals surface area contributed by atoms with Crippen LogP contribution in [0.3, 0.4) is 0 Å². The number of nitrogens with zero attached hydrogens (tertiary/aromatic N) is 1. The standard InChI is InChI=1S/C22H30N2O4/c1-25-20-14-22(27-3)21(26-2)13-18(20)15-23-16-19(17-7-5-4-6-8-17)24-9-11-28-12-10-24/h4-8,13-14,19,23H,9-12,15-16H2,1-3H3. The fourth-order valence-electron chi connectivity index (χ4n) is 3.60. The Morgan fingerprint density at radius 3 is 2.21 bits per heavy atom. The van der Waals surface area contributed by atoms with Crippen LogP contribution in [0.1, 0.15) is 17.2 Å². The molecule has 0 aromatic heterocycles. The summed E-state index contributed by atoms with van der Waals surface area (Å²) in [4.78, 5) is 2.48. The highest BCUT2D eigenvalue weighted by atomic mass is 16.5. The van der Waals surface area contributed by atoms with Gasteiger partial charge in [-0.1, -0.05) is 30.3 Å². The number of morpholine rings is 1. The number of nitrogens with one attached hydrogen (secondary N) is 1. The summed E-state index contributed by atoms with van der Waals surface area (Å²) < 4.78 is 21.9. The molecule has 1 unspecified atom stereocenters. The molecule has 0 bridgehead atoms. The molecule has 2 aromatic carbocycles. The van der Waals surface area contributed by atoms with E-state index < -0.39 is 0 Å². The number of hydrogen-bond donors (Lipinski definition) is 1. The first-order valence-electron chi connectivity index (χ1n) is 9.63. The van der Waals surface area contributed by atoms with Gasteiger partial charge >= 0.3 is 0 Å². The summed E-state index contributed by atoms with van der Waals surface area (Å²) in [5.74, 6) is 2.15. The number of methoxy groups -OCH3 is 3. The molecule has 28 heavy (non-hydrogen) atoms. The highest BCUT2D eigenvalue weighted by molar-refractivity contribution is 5.50. The first-order chi connectivity index (χ1) is 13.8. The van der Waals surface area contributed by atoms with E-state index in [-0.39, 0.29) is 0 Å². The molecule has 0 aliphatic carbocycles. The van der Waals surface area contributed by atoms with E-state index in [1.54, 1.807) is 21.3 Å². The van der Waals surface area contributed by atoms with Crippen LogP contribution in [0.4, 0.5) is 0 Å². The number of benzene rings is 2. The van der Waals surface area contributed by atoms with E-state index in [0.29, 0.717) is 24.1 Å². The van der Waals surface area contributed by atoms with Crippen molar-refractivity contribution in [3.8, 4) is 17.2 Å². The first kappa shape index (κ1) is 20.5. The van der Waals surface area contributed by atoms with Crippen LogP contribution in [-0.2, 0) is 11.3 Å². The van der Waals surface area contributed by atoms with Gasteiger partial charge in [0.2, 0.25) is 0 Å². The Balaban J connectivity index is 1.72. The van der Waals surface area contributed by atoms with E-state index in [0.717, 1.165) is 44.2 Å². The van der Waals surface area contributed by atoms with Crippen LogP contribution in [0.15, 0.2) is 42.5 Å². The second-order valence-electron chi connectivity index (χ2n) is 6.72. The molecule has 3 rings (SSSR count). The number of hydrogen-bond acceptors (Lipinski definition) is 6. The highest BCUT2D eigenvalue weighted by Crippen LogP contribution is 2.34. The van der Waals surface area contributed by atoms with Crippen molar-refractivity contribution in [3.05, 3.63) is 53.6 Å². The summed E-state index contributed by atoms with van der Waals surface area (Å²) in [6.45, 7) is 4.97. The number of rotatable bonds is 9. The second-order valence-corrected chi connectivity index (χ2v) is 6.72. The van der Waals surface area contributed by atoms with Crippen molar-refractivity contribution in [1.29, 1.82) is 0 Å². The summed E-state index contributed by atoms with van der Waals surface area (Å²) in [6.07, 6.45) is 0. The molecule has 1 heterocycles. The zero-order valence-electron chi connectivity index (χ0n) is 16.9. The normalized spacial score (nSPS) is 15.8. The lowest BCUT2D eigenvalue weighted by Crippen LogP contribution is -2.42. The average Bonchev–Trinajstić information content (AvgIpc) is 2.77. The monoisotopic (exact) mass is 386 g/mol. The Hall–Kier alpha value is -2.28. The topological polar surface area (TPSA) is 52.2 Å². The smallest absolute Gasteiger partial charge is 0.164 e. The van der Waals surface area contributed by atoms with Gasteiger partial charge in [0.05, 0.1) is 34.5 Å². The van der Waals surface area contributed by atoms with Crippen molar-refractivity contribution in [3.63, 3.8) is 0 Å². The third-order valence-electron chi connectivity index (χ3n) is 5.11. The Morgan fingerprint density at radius 1 is 0.929 bits per heavy atom. The van der Waals surface area contributed by atoms with E-state index in [2.05, 4.69) is 40.5 Å². The van der Waals surface area contributed by atoms with Gasteiger partial charge in [-0.15, -0.1) is 0 Å². The minimum atomic E-state index is 0.302. The van der Waals surface area contributed by atoms with Gasteiger partial charge in [0, 0.05) is 43.9 Å². The maximum atomic E-state index is 5.54. The molecule has 1 aliphatic rings. The molecule has 1 aliphatic heterocycles. The molecule has 1 atom stereocenters. The van der Waals surface area contributed by atoms with Gasteiger partial charge in [0.25, 0.3) is 0 Å².